The van der Waals surface area contributed by atoms with Crippen molar-refractivity contribution in [3.63, 3.8) is 0 Å². The van der Waals surface area contributed by atoms with E-state index in [1.165, 1.54) is 11.3 Å². The maximum atomic E-state index is 11.0. The van der Waals surface area contributed by atoms with Crippen molar-refractivity contribution < 1.29 is 9.53 Å². The summed E-state index contributed by atoms with van der Waals surface area (Å²) < 4.78 is 5.88. The number of esters is 1. The maximum absolute atomic E-state index is 11.0. The van der Waals surface area contributed by atoms with Gasteiger partial charge in [0.25, 0.3) is 0 Å². The molecule has 1 aromatic rings. The van der Waals surface area contributed by atoms with Crippen molar-refractivity contribution in [2.75, 3.05) is 0 Å². The molecule has 4 heteroatoms. The molecule has 0 atom stereocenters. The fourth-order valence-corrected chi connectivity index (χ4v) is 1.72. The van der Waals surface area contributed by atoms with Gasteiger partial charge in [0, 0.05) is 5.57 Å². The molecular weight excluding hydrogens is 240 g/mol. The molecule has 0 aliphatic rings. The van der Waals surface area contributed by atoms with E-state index in [0.717, 1.165) is 3.79 Å². The fourth-order valence-electron chi connectivity index (χ4n) is 0.531. The highest BCUT2D eigenvalue weighted by Gasteiger charge is 2.06. The molecule has 0 radical (unpaired) electrons. The third-order valence-corrected chi connectivity index (χ3v) is 2.59. The fraction of sp³-hybridized carbons (Fsp3) is 0.125. The lowest BCUT2D eigenvalue weighted by atomic mass is 10.4. The lowest BCUT2D eigenvalue weighted by Gasteiger charge is -1.98. The van der Waals surface area contributed by atoms with Gasteiger partial charge >= 0.3 is 5.97 Å². The molecule has 1 aromatic heterocycles. The van der Waals surface area contributed by atoms with Crippen LogP contribution in [0.1, 0.15) is 6.92 Å². The third-order valence-electron chi connectivity index (χ3n) is 1.09. The highest BCUT2D eigenvalue weighted by Crippen LogP contribution is 2.28. The molecule has 0 unspecified atom stereocenters. The molecule has 0 aliphatic carbocycles. The van der Waals surface area contributed by atoms with Crippen LogP contribution in [0.4, 0.5) is 0 Å². The molecule has 12 heavy (non-hydrogen) atoms. The topological polar surface area (TPSA) is 26.3 Å². The number of ether oxygens (including phenoxy) is 1. The first kappa shape index (κ1) is 9.48. The second-order valence-electron chi connectivity index (χ2n) is 2.23. The van der Waals surface area contributed by atoms with Crippen molar-refractivity contribution in [3.05, 3.63) is 28.1 Å². The zero-order chi connectivity index (χ0) is 9.14. The van der Waals surface area contributed by atoms with E-state index in [1.807, 2.05) is 6.07 Å². The summed E-state index contributed by atoms with van der Waals surface area (Å²) in [6.07, 6.45) is 0. The minimum absolute atomic E-state index is 0.385. The maximum Gasteiger partial charge on any atom is 0.339 e. The largest absolute Gasteiger partial charge is 0.412 e. The first-order valence-corrected chi connectivity index (χ1v) is 4.83. The summed E-state index contributed by atoms with van der Waals surface area (Å²) in [7, 11) is 0. The minimum Gasteiger partial charge on any atom is -0.412 e. The number of halogens is 1. The van der Waals surface area contributed by atoms with E-state index in [0.29, 0.717) is 10.6 Å². The van der Waals surface area contributed by atoms with Gasteiger partial charge in [0.05, 0.1) is 3.79 Å². The van der Waals surface area contributed by atoms with Crippen LogP contribution in [-0.2, 0) is 4.79 Å². The zero-order valence-electron chi connectivity index (χ0n) is 6.46. The Morgan fingerprint density at radius 1 is 1.67 bits per heavy atom. The summed E-state index contributed by atoms with van der Waals surface area (Å²) >= 11 is 4.63. The van der Waals surface area contributed by atoms with Gasteiger partial charge in [-0.1, -0.05) is 17.9 Å². The van der Waals surface area contributed by atoms with Crippen molar-refractivity contribution >= 4 is 33.2 Å². The molecular formula is C8H7BrO2S. The van der Waals surface area contributed by atoms with Crippen molar-refractivity contribution in [2.24, 2.45) is 0 Å². The summed E-state index contributed by atoms with van der Waals surface area (Å²) in [6.45, 7) is 5.09. The van der Waals surface area contributed by atoms with Gasteiger partial charge in [-0.15, -0.1) is 0 Å². The Morgan fingerprint density at radius 2 is 2.33 bits per heavy atom. The van der Waals surface area contributed by atoms with Gasteiger partial charge in [-0.25, -0.2) is 4.79 Å². The lowest BCUT2D eigenvalue weighted by Crippen LogP contribution is -2.06. The van der Waals surface area contributed by atoms with Crippen molar-refractivity contribution in [1.29, 1.82) is 0 Å². The molecule has 0 bridgehead atoms. The Labute approximate surface area is 83.0 Å². The van der Waals surface area contributed by atoms with Crippen molar-refractivity contribution in [1.82, 2.24) is 0 Å². The average molecular weight is 247 g/mol. The van der Waals surface area contributed by atoms with E-state index >= 15 is 0 Å². The van der Waals surface area contributed by atoms with Gasteiger partial charge in [0.15, 0.2) is 5.06 Å². The van der Waals surface area contributed by atoms with Crippen LogP contribution in [0.15, 0.2) is 28.1 Å². The van der Waals surface area contributed by atoms with E-state index in [2.05, 4.69) is 22.5 Å². The summed E-state index contributed by atoms with van der Waals surface area (Å²) in [4.78, 5) is 11.0. The summed E-state index contributed by atoms with van der Waals surface area (Å²) in [5, 5.41) is 0.579. The van der Waals surface area contributed by atoms with Gasteiger partial charge in [-0.2, -0.15) is 0 Å². The molecule has 0 aliphatic heterocycles. The number of carbonyl (C=O) groups excluding carboxylic acids is 1. The van der Waals surface area contributed by atoms with E-state index in [9.17, 15) is 4.79 Å². The predicted octanol–water partition coefficient (Wildman–Crippen LogP) is 2.99. The van der Waals surface area contributed by atoms with Gasteiger partial charge in [0.2, 0.25) is 0 Å². The van der Waals surface area contributed by atoms with Gasteiger partial charge in [-0.05, 0) is 35.0 Å². The first-order chi connectivity index (χ1) is 5.59. The standard InChI is InChI=1S/C8H7BrO2S/c1-5(2)8(10)11-7-4-3-6(9)12-7/h3-4H,1H2,2H3. The molecule has 0 spiro atoms. The number of thiophene rings is 1. The zero-order valence-corrected chi connectivity index (χ0v) is 8.87. The summed E-state index contributed by atoms with van der Waals surface area (Å²) in [5.74, 6) is -0.385. The first-order valence-electron chi connectivity index (χ1n) is 3.22. The van der Waals surface area contributed by atoms with E-state index in [1.54, 1.807) is 13.0 Å². The molecule has 0 saturated carbocycles. The van der Waals surface area contributed by atoms with Crippen LogP contribution >= 0.6 is 27.3 Å². The normalized spacial score (nSPS) is 9.50. The van der Waals surface area contributed by atoms with Crippen LogP contribution in [0.5, 0.6) is 5.06 Å². The molecule has 64 valence electrons. The lowest BCUT2D eigenvalue weighted by molar-refractivity contribution is -0.129. The quantitative estimate of drug-likeness (QED) is 0.593. The second kappa shape index (κ2) is 3.87. The molecule has 0 aromatic carbocycles. The van der Waals surface area contributed by atoms with Crippen LogP contribution in [0.2, 0.25) is 0 Å². The van der Waals surface area contributed by atoms with Crippen LogP contribution in [0, 0.1) is 0 Å². The van der Waals surface area contributed by atoms with Crippen molar-refractivity contribution in [3.8, 4) is 5.06 Å². The number of hydrogen-bond donors (Lipinski definition) is 0. The molecule has 2 nitrogen and oxygen atoms in total. The molecule has 1 rings (SSSR count). The van der Waals surface area contributed by atoms with Crippen LogP contribution in [-0.4, -0.2) is 5.97 Å². The van der Waals surface area contributed by atoms with E-state index in [-0.39, 0.29) is 5.97 Å². The number of hydrogen-bond acceptors (Lipinski definition) is 3. The second-order valence-corrected chi connectivity index (χ2v) is 4.65. The Bertz CT molecular complexity index is 317. The Morgan fingerprint density at radius 3 is 2.75 bits per heavy atom. The highest BCUT2D eigenvalue weighted by atomic mass is 79.9. The van der Waals surface area contributed by atoms with Crippen LogP contribution < -0.4 is 4.74 Å². The Kier molecular flexibility index (Phi) is 3.05. The molecule has 1 heterocycles. The monoisotopic (exact) mass is 246 g/mol. The van der Waals surface area contributed by atoms with E-state index in [4.69, 9.17) is 4.74 Å². The van der Waals surface area contributed by atoms with E-state index < -0.39 is 0 Å². The molecule has 0 fully saturated rings. The molecule has 0 amide bonds. The third kappa shape index (κ3) is 2.46. The molecule has 0 N–H and O–H groups in total. The predicted molar refractivity (Wildman–Crippen MR) is 52.5 cm³/mol. The van der Waals surface area contributed by atoms with Gasteiger partial charge in [0.1, 0.15) is 0 Å². The summed E-state index contributed by atoms with van der Waals surface area (Å²) in [6, 6.07) is 3.56. The number of rotatable bonds is 2. The van der Waals surface area contributed by atoms with Gasteiger partial charge in [-0.3, -0.25) is 0 Å². The Hall–Kier alpha value is -0.610. The van der Waals surface area contributed by atoms with Gasteiger partial charge < -0.3 is 4.74 Å². The van der Waals surface area contributed by atoms with Crippen LogP contribution in [0.3, 0.4) is 0 Å². The summed E-state index contributed by atoms with van der Waals surface area (Å²) in [5.41, 5.74) is 0.402. The smallest absolute Gasteiger partial charge is 0.339 e. The SMILES string of the molecule is C=C(C)C(=O)Oc1ccc(Br)s1. The molecule has 0 saturated heterocycles. The average Bonchev–Trinajstić information content (AvgIpc) is 2.35. The highest BCUT2D eigenvalue weighted by molar-refractivity contribution is 9.11. The number of carbonyl (C=O) groups is 1. The van der Waals surface area contributed by atoms with Crippen molar-refractivity contribution in [2.45, 2.75) is 6.92 Å². The van der Waals surface area contributed by atoms with Crippen LogP contribution in [0.25, 0.3) is 0 Å². The Balaban J connectivity index is 2.64. The minimum atomic E-state index is -0.385.